The predicted octanol–water partition coefficient (Wildman–Crippen LogP) is 2.99. The van der Waals surface area contributed by atoms with E-state index in [0.29, 0.717) is 0 Å². The largest absolute Gasteiger partial charge is 0.353 e. The van der Waals surface area contributed by atoms with Crippen molar-refractivity contribution >= 4 is 5.91 Å². The van der Waals surface area contributed by atoms with Gasteiger partial charge >= 0.3 is 0 Å². The number of rotatable bonds is 4. The van der Waals surface area contributed by atoms with Crippen LogP contribution in [0.15, 0.2) is 24.5 Å². The molecule has 0 bridgehead atoms. The second kappa shape index (κ2) is 6.31. The van der Waals surface area contributed by atoms with Crippen molar-refractivity contribution in [3.05, 3.63) is 30.1 Å². The van der Waals surface area contributed by atoms with E-state index in [4.69, 9.17) is 0 Å². The fourth-order valence-corrected chi connectivity index (χ4v) is 4.97. The van der Waals surface area contributed by atoms with Crippen molar-refractivity contribution in [3.8, 4) is 0 Å². The van der Waals surface area contributed by atoms with Crippen LogP contribution in [0.3, 0.4) is 0 Å². The van der Waals surface area contributed by atoms with Gasteiger partial charge in [-0.15, -0.1) is 0 Å². The lowest BCUT2D eigenvalue weighted by Gasteiger charge is -2.38. The minimum atomic E-state index is -2.58. The molecule has 6 heteroatoms. The summed E-state index contributed by atoms with van der Waals surface area (Å²) in [6.07, 6.45) is 7.28. The summed E-state index contributed by atoms with van der Waals surface area (Å²) in [6.45, 7) is 2.76. The molecule has 1 aliphatic heterocycles. The Morgan fingerprint density at radius 1 is 1.36 bits per heavy atom. The second-order valence-corrected chi connectivity index (χ2v) is 8.10. The average molecular weight is 349 g/mol. The number of aromatic nitrogens is 1. The van der Waals surface area contributed by atoms with E-state index in [1.165, 1.54) is 5.56 Å². The summed E-state index contributed by atoms with van der Waals surface area (Å²) in [4.78, 5) is 19.3. The first-order valence-corrected chi connectivity index (χ1v) is 9.25. The van der Waals surface area contributed by atoms with Gasteiger partial charge in [-0.05, 0) is 42.9 Å². The Balaban J connectivity index is 1.37. The van der Waals surface area contributed by atoms with Crippen LogP contribution in [0.25, 0.3) is 0 Å². The van der Waals surface area contributed by atoms with Crippen molar-refractivity contribution in [1.82, 2.24) is 15.2 Å². The van der Waals surface area contributed by atoms with Crippen LogP contribution in [-0.4, -0.2) is 40.8 Å². The molecular weight excluding hydrogens is 324 g/mol. The maximum Gasteiger partial charge on any atom is 0.252 e. The lowest BCUT2D eigenvalue weighted by Crippen LogP contribution is -2.53. The van der Waals surface area contributed by atoms with Gasteiger partial charge in [0.05, 0.1) is 0 Å². The highest BCUT2D eigenvalue weighted by atomic mass is 19.3. The number of hydrogen-bond donors (Lipinski definition) is 1. The third-order valence-corrected chi connectivity index (χ3v) is 6.25. The molecule has 1 aromatic heterocycles. The molecule has 25 heavy (non-hydrogen) atoms. The zero-order valence-electron chi connectivity index (χ0n) is 14.4. The maximum absolute atomic E-state index is 13.0. The van der Waals surface area contributed by atoms with Crippen LogP contribution >= 0.6 is 0 Å². The number of pyridine rings is 1. The van der Waals surface area contributed by atoms with E-state index in [-0.39, 0.29) is 36.1 Å². The van der Waals surface area contributed by atoms with E-state index in [0.717, 1.165) is 45.3 Å². The van der Waals surface area contributed by atoms with E-state index in [9.17, 15) is 13.6 Å². The molecule has 2 saturated carbocycles. The van der Waals surface area contributed by atoms with Crippen LogP contribution in [0.5, 0.6) is 0 Å². The van der Waals surface area contributed by atoms with Crippen molar-refractivity contribution in [2.24, 2.45) is 11.3 Å². The molecule has 0 unspecified atom stereocenters. The Kier molecular flexibility index (Phi) is 4.26. The molecule has 2 atom stereocenters. The van der Waals surface area contributed by atoms with Crippen molar-refractivity contribution in [1.29, 1.82) is 0 Å². The fraction of sp³-hybridized carbons (Fsp3) is 0.684. The molecule has 0 radical (unpaired) electrons. The van der Waals surface area contributed by atoms with Gasteiger partial charge in [0, 0.05) is 50.3 Å². The van der Waals surface area contributed by atoms with Gasteiger partial charge in [0.2, 0.25) is 5.91 Å². The zero-order valence-corrected chi connectivity index (χ0v) is 14.4. The van der Waals surface area contributed by atoms with E-state index >= 15 is 0 Å². The number of likely N-dealkylation sites (tertiary alicyclic amines) is 1. The van der Waals surface area contributed by atoms with Crippen LogP contribution in [-0.2, 0) is 11.3 Å². The summed E-state index contributed by atoms with van der Waals surface area (Å²) in [5.41, 5.74) is 1.22. The Bertz CT molecular complexity index is 631. The van der Waals surface area contributed by atoms with Gasteiger partial charge in [0.25, 0.3) is 5.92 Å². The fourth-order valence-electron chi connectivity index (χ4n) is 4.97. The van der Waals surface area contributed by atoms with E-state index in [1.807, 2.05) is 12.3 Å². The number of alkyl halides is 2. The molecule has 136 valence electrons. The van der Waals surface area contributed by atoms with Gasteiger partial charge in [0.1, 0.15) is 0 Å². The molecular formula is C19H25F2N3O. The monoisotopic (exact) mass is 349 g/mol. The SMILES string of the molecule is O=C(NC1CC(F)(F)C1)[C@H]1CCC[C@]12CCN(Cc1cccnc1)C2. The summed E-state index contributed by atoms with van der Waals surface area (Å²) >= 11 is 0. The summed E-state index contributed by atoms with van der Waals surface area (Å²) in [6, 6.07) is 3.68. The van der Waals surface area contributed by atoms with Gasteiger partial charge in [-0.1, -0.05) is 12.5 Å². The summed E-state index contributed by atoms with van der Waals surface area (Å²) in [5.74, 6) is -2.61. The van der Waals surface area contributed by atoms with Gasteiger partial charge in [-0.3, -0.25) is 14.7 Å². The molecule has 3 aliphatic rings. The first kappa shape index (κ1) is 16.9. The van der Waals surface area contributed by atoms with Crippen LogP contribution in [0.1, 0.15) is 44.1 Å². The molecule has 0 aromatic carbocycles. The summed E-state index contributed by atoms with van der Waals surface area (Å²) < 4.78 is 26.0. The topological polar surface area (TPSA) is 45.2 Å². The van der Waals surface area contributed by atoms with E-state index in [1.54, 1.807) is 6.20 Å². The molecule has 1 saturated heterocycles. The second-order valence-electron chi connectivity index (χ2n) is 8.10. The van der Waals surface area contributed by atoms with Crippen molar-refractivity contribution in [3.63, 3.8) is 0 Å². The number of nitrogens with zero attached hydrogens (tertiary/aromatic N) is 2. The normalized spacial score (nSPS) is 32.0. The number of carbonyl (C=O) groups is 1. The lowest BCUT2D eigenvalue weighted by molar-refractivity contribution is -0.135. The highest BCUT2D eigenvalue weighted by Gasteiger charge is 2.52. The maximum atomic E-state index is 13.0. The lowest BCUT2D eigenvalue weighted by atomic mass is 9.76. The van der Waals surface area contributed by atoms with Crippen molar-refractivity contribution < 1.29 is 13.6 Å². The smallest absolute Gasteiger partial charge is 0.252 e. The third kappa shape index (κ3) is 3.41. The number of halogens is 2. The number of amides is 1. The molecule has 3 fully saturated rings. The van der Waals surface area contributed by atoms with Crippen LogP contribution in [0.2, 0.25) is 0 Å². The molecule has 1 aromatic rings. The molecule has 4 rings (SSSR count). The molecule has 1 N–H and O–H groups in total. The van der Waals surface area contributed by atoms with Crippen molar-refractivity contribution in [2.45, 2.75) is 57.0 Å². The predicted molar refractivity (Wildman–Crippen MR) is 90.0 cm³/mol. The summed E-state index contributed by atoms with van der Waals surface area (Å²) in [5, 5.41) is 2.88. The molecule has 2 heterocycles. The Morgan fingerprint density at radius 3 is 2.92 bits per heavy atom. The minimum absolute atomic E-state index is 0.00114. The minimum Gasteiger partial charge on any atom is -0.353 e. The van der Waals surface area contributed by atoms with Crippen LogP contribution in [0.4, 0.5) is 8.78 Å². The Morgan fingerprint density at radius 2 is 2.20 bits per heavy atom. The first-order chi connectivity index (χ1) is 12.0. The van der Waals surface area contributed by atoms with Crippen LogP contribution in [0, 0.1) is 11.3 Å². The van der Waals surface area contributed by atoms with E-state index in [2.05, 4.69) is 21.3 Å². The Labute approximate surface area is 147 Å². The summed E-state index contributed by atoms with van der Waals surface area (Å²) in [7, 11) is 0. The number of hydrogen-bond acceptors (Lipinski definition) is 3. The zero-order chi connectivity index (χ0) is 17.5. The highest BCUT2D eigenvalue weighted by molar-refractivity contribution is 5.80. The van der Waals surface area contributed by atoms with Gasteiger partial charge in [-0.25, -0.2) is 8.78 Å². The molecule has 1 amide bonds. The molecule has 4 nitrogen and oxygen atoms in total. The molecule has 2 aliphatic carbocycles. The van der Waals surface area contributed by atoms with Gasteiger partial charge in [-0.2, -0.15) is 0 Å². The third-order valence-electron chi connectivity index (χ3n) is 6.25. The van der Waals surface area contributed by atoms with Crippen molar-refractivity contribution in [2.75, 3.05) is 13.1 Å². The number of nitrogens with one attached hydrogen (secondary N) is 1. The van der Waals surface area contributed by atoms with Crippen LogP contribution < -0.4 is 5.32 Å². The van der Waals surface area contributed by atoms with Gasteiger partial charge in [0.15, 0.2) is 0 Å². The Hall–Kier alpha value is -1.56. The first-order valence-electron chi connectivity index (χ1n) is 9.25. The highest BCUT2D eigenvalue weighted by Crippen LogP contribution is 2.50. The van der Waals surface area contributed by atoms with E-state index < -0.39 is 5.92 Å². The average Bonchev–Trinajstić information content (AvgIpc) is 3.14. The number of carbonyl (C=O) groups excluding carboxylic acids is 1. The van der Waals surface area contributed by atoms with Gasteiger partial charge < -0.3 is 5.32 Å². The standard InChI is InChI=1S/C19H25F2N3O/c20-19(21)9-15(10-19)23-17(25)16-4-1-5-18(16)6-8-24(13-18)12-14-3-2-7-22-11-14/h2-3,7,11,15-16H,1,4-6,8-10,12-13H2,(H,23,25)/t16-,18-/m1/s1. The molecule has 1 spiro atoms. The quantitative estimate of drug-likeness (QED) is 0.909.